The molecule has 1 aliphatic rings. The van der Waals surface area contributed by atoms with Gasteiger partial charge in [0.05, 0.1) is 18.8 Å². The van der Waals surface area contributed by atoms with Crippen LogP contribution >= 0.6 is 0 Å². The normalized spacial score (nSPS) is 18.6. The van der Waals surface area contributed by atoms with Gasteiger partial charge in [0, 0.05) is 39.3 Å². The van der Waals surface area contributed by atoms with Crippen molar-refractivity contribution in [2.24, 2.45) is 0 Å². The Labute approximate surface area is 182 Å². The number of aliphatic hydroxyl groups is 2. The first kappa shape index (κ1) is 25.1. The van der Waals surface area contributed by atoms with Crippen LogP contribution in [-0.2, 0) is 10.2 Å². The minimum Gasteiger partial charge on any atom is -0.491 e. The number of aryl methyl sites for hydroxylation is 1. The van der Waals surface area contributed by atoms with Gasteiger partial charge in [0.25, 0.3) is 0 Å². The average Bonchev–Trinajstić information content (AvgIpc) is 2.66. The lowest BCUT2D eigenvalue weighted by molar-refractivity contribution is -0.0176. The lowest BCUT2D eigenvalue weighted by Crippen LogP contribution is -2.51. The first-order valence-electron chi connectivity index (χ1n) is 11.2. The molecule has 0 spiro atoms. The number of ether oxygens (including phenoxy) is 2. The van der Waals surface area contributed by atoms with E-state index in [1.807, 2.05) is 19.9 Å². The number of nitrogens with zero attached hydrogens (tertiary/aromatic N) is 2. The minimum atomic E-state index is -0.532. The van der Waals surface area contributed by atoms with E-state index in [2.05, 4.69) is 49.6 Å². The Morgan fingerprint density at radius 2 is 1.47 bits per heavy atom. The van der Waals surface area contributed by atoms with Crippen molar-refractivity contribution < 1.29 is 19.7 Å². The van der Waals surface area contributed by atoms with Gasteiger partial charge < -0.3 is 19.7 Å². The lowest BCUT2D eigenvalue weighted by Gasteiger charge is -2.36. The first-order valence-corrected chi connectivity index (χ1v) is 11.2. The number of hydrogen-bond donors (Lipinski definition) is 2. The Morgan fingerprint density at radius 1 is 0.933 bits per heavy atom. The van der Waals surface area contributed by atoms with Crippen molar-refractivity contribution in [3.8, 4) is 5.75 Å². The van der Waals surface area contributed by atoms with Crippen molar-refractivity contribution in [2.75, 3.05) is 52.5 Å². The van der Waals surface area contributed by atoms with Gasteiger partial charge in [-0.3, -0.25) is 9.80 Å². The van der Waals surface area contributed by atoms with Crippen molar-refractivity contribution in [1.29, 1.82) is 0 Å². The summed E-state index contributed by atoms with van der Waals surface area (Å²) in [5.41, 5.74) is 2.38. The van der Waals surface area contributed by atoms with Crippen LogP contribution < -0.4 is 4.74 Å². The Kier molecular flexibility index (Phi) is 9.57. The van der Waals surface area contributed by atoms with E-state index in [1.165, 1.54) is 11.1 Å². The van der Waals surface area contributed by atoms with Gasteiger partial charge in [0.2, 0.25) is 0 Å². The van der Waals surface area contributed by atoms with E-state index in [0.717, 1.165) is 31.9 Å². The average molecular weight is 423 g/mol. The second-order valence-electron chi connectivity index (χ2n) is 9.85. The second kappa shape index (κ2) is 11.4. The zero-order valence-corrected chi connectivity index (χ0v) is 19.7. The van der Waals surface area contributed by atoms with Crippen molar-refractivity contribution >= 4 is 0 Å². The third-order valence-corrected chi connectivity index (χ3v) is 5.40. The quantitative estimate of drug-likeness (QED) is 0.604. The summed E-state index contributed by atoms with van der Waals surface area (Å²) in [7, 11) is 0. The van der Waals surface area contributed by atoms with Gasteiger partial charge >= 0.3 is 0 Å². The maximum absolute atomic E-state index is 10.5. The molecule has 1 aliphatic heterocycles. The van der Waals surface area contributed by atoms with Gasteiger partial charge in [-0.05, 0) is 37.8 Å². The molecule has 2 N–H and O–H groups in total. The maximum atomic E-state index is 10.5. The van der Waals surface area contributed by atoms with Gasteiger partial charge in [0.1, 0.15) is 18.5 Å². The molecule has 1 aromatic carbocycles. The van der Waals surface area contributed by atoms with Crippen LogP contribution in [-0.4, -0.2) is 90.8 Å². The van der Waals surface area contributed by atoms with E-state index in [0.29, 0.717) is 19.7 Å². The number of rotatable bonds is 10. The third kappa shape index (κ3) is 8.52. The molecule has 2 rings (SSSR count). The Morgan fingerprint density at radius 3 is 1.97 bits per heavy atom. The molecule has 0 bridgehead atoms. The fourth-order valence-corrected chi connectivity index (χ4v) is 3.70. The van der Waals surface area contributed by atoms with Crippen LogP contribution in [0, 0.1) is 6.92 Å². The first-order chi connectivity index (χ1) is 14.0. The number of aliphatic hydroxyl groups excluding tert-OH is 2. The van der Waals surface area contributed by atoms with Gasteiger partial charge in [-0.1, -0.05) is 38.5 Å². The summed E-state index contributed by atoms with van der Waals surface area (Å²) in [6, 6.07) is 6.23. The Balaban J connectivity index is 1.74. The summed E-state index contributed by atoms with van der Waals surface area (Å²) in [6.07, 6.45) is -0.847. The molecule has 2 atom stereocenters. The highest BCUT2D eigenvalue weighted by Crippen LogP contribution is 2.32. The molecule has 172 valence electrons. The lowest BCUT2D eigenvalue weighted by atomic mass is 9.85. The standard InChI is InChI=1S/C24H42N2O4/c1-18(2)29-16-20(27)14-25-9-11-26(12-10-25)15-21(28)17-30-23-8-7-19(3)13-22(23)24(4,5)6/h7-8,13,18,20-21,27-28H,9-12,14-17H2,1-6H3/t20-,21+/m1/s1. The molecule has 1 fully saturated rings. The molecule has 1 aromatic rings. The fourth-order valence-electron chi connectivity index (χ4n) is 3.70. The van der Waals surface area contributed by atoms with Gasteiger partial charge in [-0.2, -0.15) is 0 Å². The monoisotopic (exact) mass is 422 g/mol. The predicted molar refractivity (Wildman–Crippen MR) is 121 cm³/mol. The summed E-state index contributed by atoms with van der Waals surface area (Å²) >= 11 is 0. The topological polar surface area (TPSA) is 65.4 Å². The highest BCUT2D eigenvalue weighted by atomic mass is 16.5. The van der Waals surface area contributed by atoms with Crippen molar-refractivity contribution in [2.45, 2.75) is 65.3 Å². The molecule has 0 saturated carbocycles. The largest absolute Gasteiger partial charge is 0.491 e. The van der Waals surface area contributed by atoms with Crippen LogP contribution in [0.15, 0.2) is 18.2 Å². The van der Waals surface area contributed by atoms with Crippen LogP contribution in [0.4, 0.5) is 0 Å². The van der Waals surface area contributed by atoms with E-state index < -0.39 is 12.2 Å². The van der Waals surface area contributed by atoms with Crippen molar-refractivity contribution in [1.82, 2.24) is 9.80 Å². The zero-order chi connectivity index (χ0) is 22.3. The number of piperazine rings is 1. The van der Waals surface area contributed by atoms with Crippen LogP contribution in [0.1, 0.15) is 45.7 Å². The van der Waals surface area contributed by atoms with Gasteiger partial charge in [0.15, 0.2) is 0 Å². The molecule has 0 amide bonds. The highest BCUT2D eigenvalue weighted by molar-refractivity contribution is 5.41. The van der Waals surface area contributed by atoms with Gasteiger partial charge in [-0.15, -0.1) is 0 Å². The molecule has 0 unspecified atom stereocenters. The maximum Gasteiger partial charge on any atom is 0.123 e. The van der Waals surface area contributed by atoms with Crippen molar-refractivity contribution in [3.05, 3.63) is 29.3 Å². The zero-order valence-electron chi connectivity index (χ0n) is 19.7. The molecule has 1 saturated heterocycles. The van der Waals surface area contributed by atoms with Crippen LogP contribution in [0.5, 0.6) is 5.75 Å². The Bertz CT molecular complexity index is 637. The summed E-state index contributed by atoms with van der Waals surface area (Å²) in [5.74, 6) is 0.856. The van der Waals surface area contributed by atoms with Crippen LogP contribution in [0.25, 0.3) is 0 Å². The van der Waals surface area contributed by atoms with E-state index in [-0.39, 0.29) is 18.1 Å². The third-order valence-electron chi connectivity index (χ3n) is 5.40. The van der Waals surface area contributed by atoms with E-state index in [1.54, 1.807) is 0 Å². The smallest absolute Gasteiger partial charge is 0.123 e. The van der Waals surface area contributed by atoms with E-state index >= 15 is 0 Å². The van der Waals surface area contributed by atoms with Gasteiger partial charge in [-0.25, -0.2) is 0 Å². The van der Waals surface area contributed by atoms with E-state index in [4.69, 9.17) is 9.47 Å². The highest BCUT2D eigenvalue weighted by Gasteiger charge is 2.23. The molecular formula is C24H42N2O4. The fraction of sp³-hybridized carbons (Fsp3) is 0.750. The van der Waals surface area contributed by atoms with Crippen LogP contribution in [0.3, 0.4) is 0 Å². The van der Waals surface area contributed by atoms with Crippen molar-refractivity contribution in [3.63, 3.8) is 0 Å². The molecule has 1 heterocycles. The minimum absolute atomic E-state index is 0.00654. The summed E-state index contributed by atoms with van der Waals surface area (Å²) in [5, 5.41) is 20.6. The second-order valence-corrected chi connectivity index (χ2v) is 9.85. The molecular weight excluding hydrogens is 380 g/mol. The summed E-state index contributed by atoms with van der Waals surface area (Å²) in [6.45, 7) is 18.0. The molecule has 0 aromatic heterocycles. The number of β-amino-alcohol motifs (C(OH)–C–C–N with tert-alkyl or cyclic N) is 2. The molecule has 6 heteroatoms. The predicted octanol–water partition coefficient (Wildman–Crippen LogP) is 2.44. The number of hydrogen-bond acceptors (Lipinski definition) is 6. The van der Waals surface area contributed by atoms with E-state index in [9.17, 15) is 10.2 Å². The summed E-state index contributed by atoms with van der Waals surface area (Å²) < 4.78 is 11.5. The SMILES string of the molecule is Cc1ccc(OC[C@@H](O)CN2CCN(C[C@@H](O)COC(C)C)CC2)c(C(C)(C)C)c1. The summed E-state index contributed by atoms with van der Waals surface area (Å²) in [4.78, 5) is 4.52. The molecule has 30 heavy (non-hydrogen) atoms. The molecule has 0 aliphatic carbocycles. The number of benzene rings is 1. The van der Waals surface area contributed by atoms with Crippen LogP contribution in [0.2, 0.25) is 0 Å². The molecule has 0 radical (unpaired) electrons. The Hall–Kier alpha value is -1.18. The molecule has 6 nitrogen and oxygen atoms in total.